The third-order valence-electron chi connectivity index (χ3n) is 16.6. The molecule has 0 bridgehead atoms. The van der Waals surface area contributed by atoms with E-state index in [0.29, 0.717) is 0 Å². The maximum absolute atomic E-state index is 2.52. The van der Waals surface area contributed by atoms with Gasteiger partial charge in [-0.25, -0.2) is 0 Å². The number of hydrogen-bond donors (Lipinski definition) is 0. The van der Waals surface area contributed by atoms with E-state index in [2.05, 4.69) is 295 Å². The van der Waals surface area contributed by atoms with Crippen LogP contribution in [0.2, 0.25) is 0 Å². The summed E-state index contributed by atoms with van der Waals surface area (Å²) in [7, 11) is 0. The van der Waals surface area contributed by atoms with Crippen LogP contribution in [-0.4, -0.2) is 0 Å². The average molecular weight is 950 g/mol. The topological polar surface area (TPSA) is 3.24 Å². The first-order valence-electron chi connectivity index (χ1n) is 26.2. The molecule has 0 N–H and O–H groups in total. The van der Waals surface area contributed by atoms with Crippen molar-refractivity contribution in [1.29, 1.82) is 0 Å². The second-order valence-corrected chi connectivity index (χ2v) is 22.2. The van der Waals surface area contributed by atoms with Crippen molar-refractivity contribution >= 4 is 27.8 Å². The standard InChI is InChI=1S/C73H59N/c1-71(2,3)54-37-33-51(34-38-54)58-42-39-56(46-63(58)49-19-9-7-10-20-49)74(57-40-43-67-64(47-57)61-26-16-18-28-66(61)73(67,6)55-22-11-8-12-23-55)69-44-36-50-21-13-14-24-59(50)70(69)52-31-29-48(30-32-52)53-35-41-62-60-25-15-17-27-65(60)72(4,5)68(62)45-53/h7-47H,1-6H3. The quantitative estimate of drug-likeness (QED) is 0.147. The van der Waals surface area contributed by atoms with Gasteiger partial charge in [-0.1, -0.05) is 247 Å². The number of benzene rings is 11. The molecule has 0 saturated carbocycles. The number of hydrogen-bond acceptors (Lipinski definition) is 1. The molecule has 1 atom stereocenters. The van der Waals surface area contributed by atoms with Gasteiger partial charge in [0.25, 0.3) is 0 Å². The predicted molar refractivity (Wildman–Crippen MR) is 314 cm³/mol. The third kappa shape index (κ3) is 7.28. The van der Waals surface area contributed by atoms with Crippen molar-refractivity contribution in [3.63, 3.8) is 0 Å². The lowest BCUT2D eigenvalue weighted by molar-refractivity contribution is 0.590. The Morgan fingerprint density at radius 2 is 0.865 bits per heavy atom. The molecule has 11 aromatic rings. The minimum Gasteiger partial charge on any atom is -0.310 e. The summed E-state index contributed by atoms with van der Waals surface area (Å²) in [4.78, 5) is 2.52. The number of nitrogens with zero attached hydrogens (tertiary/aromatic N) is 1. The van der Waals surface area contributed by atoms with E-state index in [9.17, 15) is 0 Å². The van der Waals surface area contributed by atoms with Gasteiger partial charge in [0.15, 0.2) is 0 Å². The summed E-state index contributed by atoms with van der Waals surface area (Å²) in [6.45, 7) is 14.0. The van der Waals surface area contributed by atoms with Crippen molar-refractivity contribution < 1.29 is 0 Å². The molecule has 0 radical (unpaired) electrons. The van der Waals surface area contributed by atoms with Crippen molar-refractivity contribution in [2.45, 2.75) is 57.8 Å². The monoisotopic (exact) mass is 949 g/mol. The van der Waals surface area contributed by atoms with Crippen LogP contribution in [0, 0.1) is 0 Å². The van der Waals surface area contributed by atoms with Gasteiger partial charge in [0, 0.05) is 27.8 Å². The van der Waals surface area contributed by atoms with Gasteiger partial charge in [-0.15, -0.1) is 0 Å². The van der Waals surface area contributed by atoms with E-state index in [0.717, 1.165) is 17.1 Å². The van der Waals surface area contributed by atoms with Crippen LogP contribution in [0.15, 0.2) is 249 Å². The highest BCUT2D eigenvalue weighted by atomic mass is 15.1. The molecule has 1 unspecified atom stereocenters. The molecule has 1 nitrogen and oxygen atoms in total. The van der Waals surface area contributed by atoms with Crippen molar-refractivity contribution in [2.24, 2.45) is 0 Å². The Labute approximate surface area is 437 Å². The summed E-state index contributed by atoms with van der Waals surface area (Å²) < 4.78 is 0. The van der Waals surface area contributed by atoms with Crippen LogP contribution in [0.1, 0.15) is 74.9 Å². The zero-order valence-electron chi connectivity index (χ0n) is 43.1. The van der Waals surface area contributed by atoms with E-state index >= 15 is 0 Å². The van der Waals surface area contributed by atoms with Gasteiger partial charge in [0.1, 0.15) is 0 Å². The SMILES string of the molecule is CC(C)(C)c1ccc(-c2ccc(N(c3ccc4c(c3)-c3ccccc3C4(C)c3ccccc3)c3ccc4ccccc4c3-c3ccc(-c4ccc5c(c4)C(C)(C)c4ccccc4-5)cc3)cc2-c2ccccc2)cc1. The molecule has 0 aromatic heterocycles. The number of anilines is 3. The molecule has 0 saturated heterocycles. The van der Waals surface area contributed by atoms with Gasteiger partial charge in [-0.05, 0) is 154 Å². The summed E-state index contributed by atoms with van der Waals surface area (Å²) in [6.07, 6.45) is 0. The minimum absolute atomic E-state index is 0.0595. The first-order valence-corrected chi connectivity index (χ1v) is 26.2. The molecule has 74 heavy (non-hydrogen) atoms. The van der Waals surface area contributed by atoms with Gasteiger partial charge in [0.2, 0.25) is 0 Å². The first-order chi connectivity index (χ1) is 36.0. The molecule has 2 aliphatic carbocycles. The molecule has 0 amide bonds. The Morgan fingerprint density at radius 3 is 1.59 bits per heavy atom. The van der Waals surface area contributed by atoms with Gasteiger partial charge in [-0.3, -0.25) is 0 Å². The maximum atomic E-state index is 2.52. The summed E-state index contributed by atoms with van der Waals surface area (Å²) in [5.41, 5.74) is 25.9. The molecule has 0 spiro atoms. The molecule has 0 heterocycles. The fraction of sp³-hybridized carbons (Fsp3) is 0.123. The van der Waals surface area contributed by atoms with E-state index < -0.39 is 0 Å². The van der Waals surface area contributed by atoms with Crippen molar-refractivity contribution in [2.75, 3.05) is 4.90 Å². The number of rotatable bonds is 8. The molecule has 0 aliphatic heterocycles. The van der Waals surface area contributed by atoms with Crippen molar-refractivity contribution in [3.05, 3.63) is 282 Å². The molecule has 13 rings (SSSR count). The highest BCUT2D eigenvalue weighted by Gasteiger charge is 2.41. The zero-order valence-corrected chi connectivity index (χ0v) is 43.1. The lowest BCUT2D eigenvalue weighted by Gasteiger charge is -2.31. The Hall–Kier alpha value is -8.52. The van der Waals surface area contributed by atoms with Crippen molar-refractivity contribution in [3.8, 4) is 66.8 Å². The first kappa shape index (κ1) is 45.4. The van der Waals surface area contributed by atoms with Gasteiger partial charge in [0.05, 0.1) is 5.69 Å². The summed E-state index contributed by atoms with van der Waals surface area (Å²) >= 11 is 0. The van der Waals surface area contributed by atoms with Crippen LogP contribution in [0.5, 0.6) is 0 Å². The fourth-order valence-electron chi connectivity index (χ4n) is 12.5. The molecule has 356 valence electrons. The average Bonchev–Trinajstić information content (AvgIpc) is 3.85. The van der Waals surface area contributed by atoms with Crippen LogP contribution in [-0.2, 0) is 16.2 Å². The molecular weight excluding hydrogens is 891 g/mol. The zero-order chi connectivity index (χ0) is 50.3. The second-order valence-electron chi connectivity index (χ2n) is 22.2. The fourth-order valence-corrected chi connectivity index (χ4v) is 12.5. The van der Waals surface area contributed by atoms with E-state index in [1.165, 1.54) is 111 Å². The molecule has 0 fully saturated rings. The maximum Gasteiger partial charge on any atom is 0.0546 e. The van der Waals surface area contributed by atoms with Gasteiger partial charge in [-0.2, -0.15) is 0 Å². The smallest absolute Gasteiger partial charge is 0.0546 e. The van der Waals surface area contributed by atoms with Crippen LogP contribution in [0.4, 0.5) is 17.1 Å². The van der Waals surface area contributed by atoms with Crippen LogP contribution in [0.25, 0.3) is 77.5 Å². The minimum atomic E-state index is -0.310. The van der Waals surface area contributed by atoms with Crippen LogP contribution < -0.4 is 4.90 Å². The Kier molecular flexibility index (Phi) is 10.6. The van der Waals surface area contributed by atoms with E-state index in [1.54, 1.807) is 0 Å². The summed E-state index contributed by atoms with van der Waals surface area (Å²) in [6, 6.07) is 93.3. The molecule has 1 heteroatoms. The Morgan fingerprint density at radius 1 is 0.338 bits per heavy atom. The van der Waals surface area contributed by atoms with E-state index in [4.69, 9.17) is 0 Å². The highest BCUT2D eigenvalue weighted by Crippen LogP contribution is 2.55. The van der Waals surface area contributed by atoms with Crippen LogP contribution in [0.3, 0.4) is 0 Å². The lowest BCUT2D eigenvalue weighted by Crippen LogP contribution is -2.22. The van der Waals surface area contributed by atoms with Crippen LogP contribution >= 0.6 is 0 Å². The largest absolute Gasteiger partial charge is 0.310 e. The summed E-state index contributed by atoms with van der Waals surface area (Å²) in [5.74, 6) is 0. The van der Waals surface area contributed by atoms with E-state index in [1.807, 2.05) is 0 Å². The Bertz CT molecular complexity index is 3950. The lowest BCUT2D eigenvalue weighted by atomic mass is 9.74. The molecule has 2 aliphatic rings. The van der Waals surface area contributed by atoms with Gasteiger partial charge >= 0.3 is 0 Å². The Balaban J connectivity index is 1.02. The normalized spacial score (nSPS) is 15.1. The number of fused-ring (bicyclic) bond motifs is 7. The predicted octanol–water partition coefficient (Wildman–Crippen LogP) is 19.9. The van der Waals surface area contributed by atoms with E-state index in [-0.39, 0.29) is 16.2 Å². The molecule has 11 aromatic carbocycles. The highest BCUT2D eigenvalue weighted by molar-refractivity contribution is 6.06. The van der Waals surface area contributed by atoms with Crippen molar-refractivity contribution in [1.82, 2.24) is 0 Å². The third-order valence-corrected chi connectivity index (χ3v) is 16.6. The molecular formula is C73H59N. The van der Waals surface area contributed by atoms with Gasteiger partial charge < -0.3 is 4.90 Å². The second kappa shape index (κ2) is 17.3. The summed E-state index contributed by atoms with van der Waals surface area (Å²) in [5, 5.41) is 2.41.